The van der Waals surface area contributed by atoms with Crippen LogP contribution >= 0.6 is 23.2 Å². The van der Waals surface area contributed by atoms with Crippen LogP contribution < -0.4 is 14.8 Å². The zero-order chi connectivity index (χ0) is 20.6. The van der Waals surface area contributed by atoms with Crippen LogP contribution in [0.5, 0.6) is 11.5 Å². The summed E-state index contributed by atoms with van der Waals surface area (Å²) in [6, 6.07) is 8.63. The topological polar surface area (TPSA) is 30.5 Å². The molecule has 0 saturated heterocycles. The second-order valence-electron chi connectivity index (χ2n) is 7.56. The summed E-state index contributed by atoms with van der Waals surface area (Å²) < 4.78 is 24.6. The fourth-order valence-corrected chi connectivity index (χ4v) is 4.24. The lowest BCUT2D eigenvalue weighted by atomic mass is 9.96. The van der Waals surface area contributed by atoms with E-state index in [1.165, 1.54) is 57.1 Å². The van der Waals surface area contributed by atoms with Gasteiger partial charge in [0.15, 0.2) is 11.5 Å². The minimum absolute atomic E-state index is 0.175. The molecule has 2 aromatic carbocycles. The second-order valence-corrected chi connectivity index (χ2v) is 8.37. The van der Waals surface area contributed by atoms with E-state index < -0.39 is 0 Å². The molecule has 1 aliphatic rings. The van der Waals surface area contributed by atoms with Crippen molar-refractivity contribution in [2.24, 2.45) is 0 Å². The van der Waals surface area contributed by atoms with Gasteiger partial charge in [-0.25, -0.2) is 4.39 Å². The van der Waals surface area contributed by atoms with Gasteiger partial charge in [0.25, 0.3) is 0 Å². The third-order valence-corrected chi connectivity index (χ3v) is 6.01. The Labute approximate surface area is 182 Å². The summed E-state index contributed by atoms with van der Waals surface area (Å²) in [7, 11) is 1.59. The smallest absolute Gasteiger partial charge is 0.180 e. The molecule has 0 radical (unpaired) electrons. The summed E-state index contributed by atoms with van der Waals surface area (Å²) in [6.45, 7) is 0.916. The molecule has 158 valence electrons. The quantitative estimate of drug-likeness (QED) is 0.507. The molecule has 6 heteroatoms. The molecule has 0 amide bonds. The molecule has 1 saturated carbocycles. The highest BCUT2D eigenvalue weighted by molar-refractivity contribution is 6.32. The van der Waals surface area contributed by atoms with E-state index in [1.807, 2.05) is 12.1 Å². The number of hydrogen-bond acceptors (Lipinski definition) is 3. The molecule has 0 atom stereocenters. The molecule has 0 aliphatic heterocycles. The Bertz CT molecular complexity index is 808. The average molecular weight is 440 g/mol. The Morgan fingerprint density at radius 3 is 2.41 bits per heavy atom. The lowest BCUT2D eigenvalue weighted by molar-refractivity contribution is 0.284. The van der Waals surface area contributed by atoms with Crippen LogP contribution in [0.3, 0.4) is 0 Å². The number of nitrogens with one attached hydrogen (secondary N) is 1. The summed E-state index contributed by atoms with van der Waals surface area (Å²) in [5, 5.41) is 4.47. The molecular formula is C23H28Cl2FNO2. The Morgan fingerprint density at radius 1 is 1.00 bits per heavy atom. The molecular weight excluding hydrogens is 412 g/mol. The number of rotatable bonds is 7. The first-order valence-electron chi connectivity index (χ1n) is 10.2. The maximum Gasteiger partial charge on any atom is 0.180 e. The Hall–Kier alpha value is -1.49. The van der Waals surface area contributed by atoms with E-state index in [0.717, 1.165) is 12.1 Å². The summed E-state index contributed by atoms with van der Waals surface area (Å²) in [4.78, 5) is 0. The monoisotopic (exact) mass is 439 g/mol. The van der Waals surface area contributed by atoms with E-state index in [2.05, 4.69) is 5.32 Å². The van der Waals surface area contributed by atoms with E-state index in [-0.39, 0.29) is 12.4 Å². The van der Waals surface area contributed by atoms with Crippen molar-refractivity contribution >= 4 is 23.2 Å². The summed E-state index contributed by atoms with van der Waals surface area (Å²) >= 11 is 12.6. The van der Waals surface area contributed by atoms with Gasteiger partial charge < -0.3 is 14.8 Å². The fraction of sp³-hybridized carbons (Fsp3) is 0.478. The van der Waals surface area contributed by atoms with Gasteiger partial charge in [-0.1, -0.05) is 61.4 Å². The molecule has 0 unspecified atom stereocenters. The molecule has 3 nitrogen and oxygen atoms in total. The van der Waals surface area contributed by atoms with E-state index in [9.17, 15) is 4.39 Å². The van der Waals surface area contributed by atoms with Gasteiger partial charge in [-0.3, -0.25) is 0 Å². The highest BCUT2D eigenvalue weighted by Gasteiger charge is 2.15. The highest BCUT2D eigenvalue weighted by Crippen LogP contribution is 2.37. The van der Waals surface area contributed by atoms with E-state index in [0.29, 0.717) is 33.1 Å². The minimum atomic E-state index is -0.379. The Balaban J connectivity index is 1.65. The molecule has 3 rings (SSSR count). The van der Waals surface area contributed by atoms with Crippen molar-refractivity contribution in [2.75, 3.05) is 7.11 Å². The third-order valence-electron chi connectivity index (χ3n) is 5.38. The molecule has 0 aromatic heterocycles. The van der Waals surface area contributed by atoms with Crippen LogP contribution in [0, 0.1) is 5.82 Å². The predicted molar refractivity (Wildman–Crippen MR) is 117 cm³/mol. The maximum absolute atomic E-state index is 13.2. The lowest BCUT2D eigenvalue weighted by Gasteiger charge is -2.21. The van der Waals surface area contributed by atoms with Gasteiger partial charge >= 0.3 is 0 Å². The van der Waals surface area contributed by atoms with Crippen molar-refractivity contribution in [3.63, 3.8) is 0 Å². The van der Waals surface area contributed by atoms with Crippen molar-refractivity contribution in [3.05, 3.63) is 57.3 Å². The summed E-state index contributed by atoms with van der Waals surface area (Å²) in [6.07, 6.45) is 9.07. The number of benzene rings is 2. The van der Waals surface area contributed by atoms with Crippen molar-refractivity contribution in [2.45, 2.75) is 64.1 Å². The average Bonchev–Trinajstić information content (AvgIpc) is 2.67. The highest BCUT2D eigenvalue weighted by atomic mass is 35.5. The van der Waals surface area contributed by atoms with Crippen molar-refractivity contribution < 1.29 is 13.9 Å². The first kappa shape index (κ1) is 22.2. The molecule has 0 spiro atoms. The van der Waals surface area contributed by atoms with Crippen LogP contribution in [0.15, 0.2) is 30.3 Å². The van der Waals surface area contributed by atoms with Gasteiger partial charge in [-0.15, -0.1) is 0 Å². The molecule has 1 fully saturated rings. The van der Waals surface area contributed by atoms with Gasteiger partial charge in [0, 0.05) is 18.2 Å². The van der Waals surface area contributed by atoms with Gasteiger partial charge in [0.1, 0.15) is 12.4 Å². The first-order chi connectivity index (χ1) is 14.1. The van der Waals surface area contributed by atoms with Crippen LogP contribution in [0.1, 0.15) is 56.1 Å². The molecule has 2 aromatic rings. The van der Waals surface area contributed by atoms with E-state index in [1.54, 1.807) is 13.2 Å². The fourth-order valence-electron chi connectivity index (χ4n) is 3.73. The van der Waals surface area contributed by atoms with Crippen LogP contribution in [-0.2, 0) is 13.2 Å². The number of hydrogen-bond donors (Lipinski definition) is 1. The third kappa shape index (κ3) is 6.50. The van der Waals surface area contributed by atoms with Crippen molar-refractivity contribution in [3.8, 4) is 11.5 Å². The van der Waals surface area contributed by atoms with Crippen LogP contribution in [0.4, 0.5) is 4.39 Å². The molecule has 0 bridgehead atoms. The maximum atomic E-state index is 13.2. The van der Waals surface area contributed by atoms with Gasteiger partial charge in [-0.2, -0.15) is 0 Å². The Kier molecular flexibility index (Phi) is 8.46. The molecule has 1 N–H and O–H groups in total. The zero-order valence-corrected chi connectivity index (χ0v) is 18.3. The second kappa shape index (κ2) is 11.1. The minimum Gasteiger partial charge on any atom is -0.493 e. The number of methoxy groups -OCH3 is 1. The summed E-state index contributed by atoms with van der Waals surface area (Å²) in [5.41, 5.74) is 1.74. The predicted octanol–water partition coefficient (Wildman–Crippen LogP) is 6.92. The van der Waals surface area contributed by atoms with E-state index in [4.69, 9.17) is 32.7 Å². The number of ether oxygens (including phenoxy) is 2. The SMILES string of the molecule is COc1cc(CNC2CCCCCCC2)cc(Cl)c1OCc1ccc(F)cc1Cl. The van der Waals surface area contributed by atoms with Gasteiger partial charge in [0.05, 0.1) is 17.2 Å². The molecule has 1 aliphatic carbocycles. The molecule has 0 heterocycles. The standard InChI is InChI=1S/C23H28Cl2FNO2/c1-28-22-12-16(14-27-19-7-5-3-2-4-6-8-19)11-21(25)23(22)29-15-17-9-10-18(26)13-20(17)24/h9-13,19,27H,2-8,14-15H2,1H3. The van der Waals surface area contributed by atoms with Gasteiger partial charge in [0.2, 0.25) is 0 Å². The summed E-state index contributed by atoms with van der Waals surface area (Å²) in [5.74, 6) is 0.657. The molecule has 29 heavy (non-hydrogen) atoms. The Morgan fingerprint density at radius 2 is 1.72 bits per heavy atom. The first-order valence-corrected chi connectivity index (χ1v) is 11.0. The largest absolute Gasteiger partial charge is 0.493 e. The van der Waals surface area contributed by atoms with Crippen LogP contribution in [-0.4, -0.2) is 13.2 Å². The van der Waals surface area contributed by atoms with Gasteiger partial charge in [-0.05, 0) is 42.7 Å². The van der Waals surface area contributed by atoms with Crippen LogP contribution in [0.2, 0.25) is 10.0 Å². The number of halogens is 3. The van der Waals surface area contributed by atoms with Crippen molar-refractivity contribution in [1.82, 2.24) is 5.32 Å². The normalized spacial score (nSPS) is 15.6. The van der Waals surface area contributed by atoms with E-state index >= 15 is 0 Å². The van der Waals surface area contributed by atoms with Crippen LogP contribution in [0.25, 0.3) is 0 Å². The lowest BCUT2D eigenvalue weighted by Crippen LogP contribution is -2.29. The zero-order valence-electron chi connectivity index (χ0n) is 16.8. The van der Waals surface area contributed by atoms with Crippen molar-refractivity contribution in [1.29, 1.82) is 0 Å².